The number of H-pyrrole nitrogens is 1. The van der Waals surface area contributed by atoms with Crippen LogP contribution in [0.1, 0.15) is 5.69 Å². The van der Waals surface area contributed by atoms with Crippen molar-refractivity contribution in [2.24, 2.45) is 0 Å². The summed E-state index contributed by atoms with van der Waals surface area (Å²) in [5.41, 5.74) is 6.27. The van der Waals surface area contributed by atoms with Crippen LogP contribution < -0.4 is 5.73 Å². The van der Waals surface area contributed by atoms with E-state index in [0.29, 0.717) is 16.7 Å². The number of aryl methyl sites for hydroxylation is 1. The molecule has 0 spiro atoms. The Kier molecular flexibility index (Phi) is 2.32. The maximum atomic E-state index is 13.4. The summed E-state index contributed by atoms with van der Waals surface area (Å²) in [4.78, 5) is 10.3. The van der Waals surface area contributed by atoms with Crippen LogP contribution in [0.4, 0.5) is 10.2 Å². The van der Waals surface area contributed by atoms with Gasteiger partial charge in [0, 0.05) is 0 Å². The molecule has 0 amide bonds. The third-order valence-corrected chi connectivity index (χ3v) is 2.32. The number of imidazole rings is 1. The van der Waals surface area contributed by atoms with Crippen LogP contribution in [0.25, 0.3) is 11.4 Å². The fourth-order valence-corrected chi connectivity index (χ4v) is 1.32. The highest BCUT2D eigenvalue weighted by molar-refractivity contribution is 6.30. The Morgan fingerprint density at radius 1 is 1.40 bits per heavy atom. The van der Waals surface area contributed by atoms with Crippen molar-refractivity contribution in [3.63, 3.8) is 0 Å². The van der Waals surface area contributed by atoms with Gasteiger partial charge >= 0.3 is 0 Å². The van der Waals surface area contributed by atoms with Crippen LogP contribution in [0.15, 0.2) is 12.1 Å². The lowest BCUT2D eigenvalue weighted by atomic mass is 10.2. The van der Waals surface area contributed by atoms with Gasteiger partial charge in [-0.05, 0) is 19.1 Å². The van der Waals surface area contributed by atoms with E-state index in [2.05, 4.69) is 15.0 Å². The highest BCUT2D eigenvalue weighted by Gasteiger charge is 2.12. The topological polar surface area (TPSA) is 67.6 Å². The quantitative estimate of drug-likeness (QED) is 0.733. The van der Waals surface area contributed by atoms with Crippen molar-refractivity contribution in [2.75, 3.05) is 5.73 Å². The summed E-state index contributed by atoms with van der Waals surface area (Å²) in [5.74, 6) is -0.187. The number of hydrogen-bond acceptors (Lipinski definition) is 3. The van der Waals surface area contributed by atoms with E-state index in [1.807, 2.05) is 0 Å². The number of rotatable bonds is 1. The predicted octanol–water partition coefficient (Wildman–Crippen LogP) is 2.15. The predicted molar refractivity (Wildman–Crippen MR) is 55.9 cm³/mol. The molecule has 6 heteroatoms. The molecule has 0 unspecified atom stereocenters. The SMILES string of the molecule is Cc1[nH]c(-c2ccc(N)nc2F)nc1Cl. The first-order valence-corrected chi connectivity index (χ1v) is 4.60. The lowest BCUT2D eigenvalue weighted by molar-refractivity contribution is 0.588. The molecule has 0 aromatic carbocycles. The maximum Gasteiger partial charge on any atom is 0.225 e. The average Bonchev–Trinajstić information content (AvgIpc) is 2.46. The zero-order valence-electron chi connectivity index (χ0n) is 7.88. The molecule has 0 saturated carbocycles. The Hall–Kier alpha value is -1.62. The molecular weight excluding hydrogens is 219 g/mol. The van der Waals surface area contributed by atoms with E-state index in [1.165, 1.54) is 12.1 Å². The first-order valence-electron chi connectivity index (χ1n) is 4.22. The second-order valence-corrected chi connectivity index (χ2v) is 3.43. The van der Waals surface area contributed by atoms with Crippen LogP contribution in [0.3, 0.4) is 0 Å². The monoisotopic (exact) mass is 226 g/mol. The number of aromatic amines is 1. The summed E-state index contributed by atoms with van der Waals surface area (Å²) < 4.78 is 13.4. The molecule has 78 valence electrons. The van der Waals surface area contributed by atoms with Crippen LogP contribution >= 0.6 is 11.6 Å². The van der Waals surface area contributed by atoms with Gasteiger partial charge in [0.1, 0.15) is 16.8 Å². The van der Waals surface area contributed by atoms with Gasteiger partial charge in [-0.25, -0.2) is 9.97 Å². The Bertz CT molecular complexity index is 489. The zero-order valence-corrected chi connectivity index (χ0v) is 8.64. The van der Waals surface area contributed by atoms with Gasteiger partial charge in [0.15, 0.2) is 0 Å². The van der Waals surface area contributed by atoms with Crippen LogP contribution in [0.5, 0.6) is 0 Å². The minimum atomic E-state index is -0.666. The molecule has 0 aliphatic heterocycles. The highest BCUT2D eigenvalue weighted by atomic mass is 35.5. The zero-order chi connectivity index (χ0) is 11.0. The van der Waals surface area contributed by atoms with Gasteiger partial charge < -0.3 is 10.7 Å². The molecule has 0 saturated heterocycles. The molecule has 2 heterocycles. The molecular formula is C9H8ClFN4. The van der Waals surface area contributed by atoms with Crippen molar-refractivity contribution in [1.29, 1.82) is 0 Å². The Labute approximate surface area is 90.3 Å². The Morgan fingerprint density at radius 3 is 2.67 bits per heavy atom. The van der Waals surface area contributed by atoms with Crippen molar-refractivity contribution in [1.82, 2.24) is 15.0 Å². The number of pyridine rings is 1. The van der Waals surface area contributed by atoms with Crippen LogP contribution in [-0.4, -0.2) is 15.0 Å². The highest BCUT2D eigenvalue weighted by Crippen LogP contribution is 2.22. The average molecular weight is 227 g/mol. The molecule has 0 aliphatic rings. The number of nitrogens with one attached hydrogen (secondary N) is 1. The number of anilines is 1. The van der Waals surface area contributed by atoms with Crippen LogP contribution in [-0.2, 0) is 0 Å². The van der Waals surface area contributed by atoms with E-state index in [1.54, 1.807) is 6.92 Å². The largest absolute Gasteiger partial charge is 0.384 e. The number of halogens is 2. The molecule has 0 bridgehead atoms. The first kappa shape index (κ1) is 9.92. The second kappa shape index (κ2) is 3.51. The molecule has 2 rings (SSSR count). The van der Waals surface area contributed by atoms with Crippen molar-refractivity contribution in [3.05, 3.63) is 28.9 Å². The minimum absolute atomic E-state index is 0.130. The van der Waals surface area contributed by atoms with Crippen LogP contribution in [0, 0.1) is 12.9 Å². The number of hydrogen-bond donors (Lipinski definition) is 2. The molecule has 15 heavy (non-hydrogen) atoms. The van der Waals surface area contributed by atoms with Gasteiger partial charge in [-0.2, -0.15) is 4.39 Å². The summed E-state index contributed by atoms with van der Waals surface area (Å²) >= 11 is 5.75. The van der Waals surface area contributed by atoms with Gasteiger partial charge in [0.2, 0.25) is 5.95 Å². The fourth-order valence-electron chi connectivity index (χ4n) is 1.19. The van der Waals surface area contributed by atoms with Gasteiger partial charge in [0.05, 0.1) is 11.3 Å². The normalized spacial score (nSPS) is 10.6. The first-order chi connectivity index (χ1) is 7.08. The van der Waals surface area contributed by atoms with E-state index in [9.17, 15) is 4.39 Å². The summed E-state index contributed by atoms with van der Waals surface area (Å²) in [5, 5.41) is 0.321. The molecule has 0 atom stereocenters. The molecule has 0 radical (unpaired) electrons. The third-order valence-electron chi connectivity index (χ3n) is 1.95. The van der Waals surface area contributed by atoms with E-state index >= 15 is 0 Å². The summed E-state index contributed by atoms with van der Waals surface area (Å²) in [6.07, 6.45) is 0. The molecule has 4 nitrogen and oxygen atoms in total. The standard InChI is InChI=1S/C9H8ClFN4/c1-4-7(10)15-9(13-4)5-2-3-6(12)14-8(5)11/h2-3H,1H3,(H2,12,14)(H,13,15). The third kappa shape index (κ3) is 1.78. The molecule has 0 fully saturated rings. The van der Waals surface area contributed by atoms with Crippen LogP contribution in [0.2, 0.25) is 5.15 Å². The number of aromatic nitrogens is 3. The summed E-state index contributed by atoms with van der Waals surface area (Å²) in [7, 11) is 0. The maximum absolute atomic E-state index is 13.4. The molecule has 0 aliphatic carbocycles. The van der Waals surface area contributed by atoms with Gasteiger partial charge in [-0.3, -0.25) is 0 Å². The van der Waals surface area contributed by atoms with Crippen molar-refractivity contribution in [3.8, 4) is 11.4 Å². The molecule has 2 aromatic heterocycles. The van der Waals surface area contributed by atoms with Gasteiger partial charge in [0.25, 0.3) is 0 Å². The number of nitrogens with two attached hydrogens (primary N) is 1. The van der Waals surface area contributed by atoms with E-state index in [-0.39, 0.29) is 11.4 Å². The summed E-state index contributed by atoms with van der Waals surface area (Å²) in [6.45, 7) is 1.75. The van der Waals surface area contributed by atoms with E-state index < -0.39 is 5.95 Å². The second-order valence-electron chi connectivity index (χ2n) is 3.08. The fraction of sp³-hybridized carbons (Fsp3) is 0.111. The van der Waals surface area contributed by atoms with Gasteiger partial charge in [-0.15, -0.1) is 0 Å². The van der Waals surface area contributed by atoms with Crippen molar-refractivity contribution >= 4 is 17.4 Å². The van der Waals surface area contributed by atoms with E-state index in [0.717, 1.165) is 0 Å². The smallest absolute Gasteiger partial charge is 0.225 e. The van der Waals surface area contributed by atoms with E-state index in [4.69, 9.17) is 17.3 Å². The number of nitrogens with zero attached hydrogens (tertiary/aromatic N) is 2. The number of nitrogen functional groups attached to an aromatic ring is 1. The summed E-state index contributed by atoms with van der Waals surface area (Å²) in [6, 6.07) is 3.01. The van der Waals surface area contributed by atoms with Gasteiger partial charge in [-0.1, -0.05) is 11.6 Å². The van der Waals surface area contributed by atoms with Crippen molar-refractivity contribution < 1.29 is 4.39 Å². The Morgan fingerprint density at radius 2 is 2.13 bits per heavy atom. The Balaban J connectivity index is 2.54. The minimum Gasteiger partial charge on any atom is -0.384 e. The van der Waals surface area contributed by atoms with Crippen molar-refractivity contribution in [2.45, 2.75) is 6.92 Å². The lowest BCUT2D eigenvalue weighted by Crippen LogP contribution is -1.95. The molecule has 2 aromatic rings. The lowest BCUT2D eigenvalue weighted by Gasteiger charge is -1.98. The molecule has 3 N–H and O–H groups in total.